The van der Waals surface area contributed by atoms with Crippen LogP contribution >= 0.6 is 23.4 Å². The van der Waals surface area contributed by atoms with Crippen molar-refractivity contribution in [3.8, 4) is 0 Å². The van der Waals surface area contributed by atoms with Crippen molar-refractivity contribution < 1.29 is 9.18 Å². The van der Waals surface area contributed by atoms with Crippen LogP contribution in [0.2, 0.25) is 5.02 Å². The molecule has 0 spiro atoms. The quantitative estimate of drug-likeness (QED) is 0.776. The van der Waals surface area contributed by atoms with Gasteiger partial charge in [-0.15, -0.1) is 0 Å². The average Bonchev–Trinajstić information content (AvgIpc) is 2.81. The molecule has 1 aliphatic heterocycles. The van der Waals surface area contributed by atoms with Gasteiger partial charge in [0, 0.05) is 34.7 Å². The Morgan fingerprint density at radius 1 is 1.13 bits per heavy atom. The van der Waals surface area contributed by atoms with Crippen LogP contribution in [0.3, 0.4) is 0 Å². The largest absolute Gasteiger partial charge is 0.338 e. The predicted octanol–water partition coefficient (Wildman–Crippen LogP) is 4.80. The Morgan fingerprint density at radius 3 is 2.61 bits per heavy atom. The summed E-state index contributed by atoms with van der Waals surface area (Å²) in [6.45, 7) is 1.38. The van der Waals surface area contributed by atoms with E-state index in [1.54, 1.807) is 12.1 Å². The lowest BCUT2D eigenvalue weighted by Gasteiger charge is -2.20. The van der Waals surface area contributed by atoms with Gasteiger partial charge in [-0.25, -0.2) is 4.39 Å². The first kappa shape index (κ1) is 16.3. The number of nitrogens with zero attached hydrogens (tertiary/aromatic N) is 1. The van der Waals surface area contributed by atoms with Gasteiger partial charge in [-0.3, -0.25) is 4.79 Å². The molecule has 2 aromatic carbocycles. The Kier molecular flexibility index (Phi) is 5.23. The molecule has 0 aliphatic carbocycles. The van der Waals surface area contributed by atoms with E-state index in [1.165, 1.54) is 12.1 Å². The minimum Gasteiger partial charge on any atom is -0.338 e. The van der Waals surface area contributed by atoms with Gasteiger partial charge in [0.25, 0.3) is 5.91 Å². The third kappa shape index (κ3) is 3.88. The second-order valence-electron chi connectivity index (χ2n) is 5.47. The van der Waals surface area contributed by atoms with Gasteiger partial charge in [-0.1, -0.05) is 29.8 Å². The zero-order valence-corrected chi connectivity index (χ0v) is 14.1. The summed E-state index contributed by atoms with van der Waals surface area (Å²) in [5.74, 6) is 0.500. The Labute approximate surface area is 144 Å². The maximum Gasteiger partial charge on any atom is 0.253 e. The molecule has 120 valence electrons. The van der Waals surface area contributed by atoms with Gasteiger partial charge in [0.2, 0.25) is 0 Å². The van der Waals surface area contributed by atoms with Crippen LogP contribution in [0.25, 0.3) is 0 Å². The molecule has 0 radical (unpaired) electrons. The van der Waals surface area contributed by atoms with Crippen LogP contribution in [0.1, 0.15) is 27.6 Å². The van der Waals surface area contributed by atoms with Crippen LogP contribution in [0.4, 0.5) is 4.39 Å². The molecule has 1 fully saturated rings. The van der Waals surface area contributed by atoms with Crippen LogP contribution in [0.5, 0.6) is 0 Å². The van der Waals surface area contributed by atoms with Crippen molar-refractivity contribution in [2.45, 2.75) is 11.7 Å². The number of carbonyl (C=O) groups excluding carboxylic acids is 1. The number of carbonyl (C=O) groups is 1. The van der Waals surface area contributed by atoms with Crippen molar-refractivity contribution >= 4 is 29.3 Å². The standard InChI is InChI=1S/C18H17ClFNOS/c19-16-4-2-1-3-15(16)17-9-10-21(11-12-23-17)18(22)13-5-7-14(20)8-6-13/h1-8,17H,9-12H2/t17-/m0/s1. The van der Waals surface area contributed by atoms with Crippen molar-refractivity contribution in [3.05, 3.63) is 70.5 Å². The van der Waals surface area contributed by atoms with E-state index in [4.69, 9.17) is 11.6 Å². The smallest absolute Gasteiger partial charge is 0.253 e. The SMILES string of the molecule is O=C(c1ccc(F)cc1)N1CCS[C@H](c2ccccc2Cl)CC1. The fourth-order valence-corrected chi connectivity index (χ4v) is 4.33. The second kappa shape index (κ2) is 7.37. The van der Waals surface area contributed by atoms with Gasteiger partial charge >= 0.3 is 0 Å². The van der Waals surface area contributed by atoms with Crippen LogP contribution in [0, 0.1) is 5.82 Å². The van der Waals surface area contributed by atoms with E-state index in [-0.39, 0.29) is 11.7 Å². The van der Waals surface area contributed by atoms with E-state index in [1.807, 2.05) is 34.9 Å². The van der Waals surface area contributed by atoms with E-state index in [9.17, 15) is 9.18 Å². The zero-order chi connectivity index (χ0) is 16.2. The molecular weight excluding hydrogens is 333 g/mol. The Bertz CT molecular complexity index is 692. The van der Waals surface area contributed by atoms with Crippen molar-refractivity contribution in [1.29, 1.82) is 0 Å². The molecule has 0 bridgehead atoms. The lowest BCUT2D eigenvalue weighted by Crippen LogP contribution is -2.32. The summed E-state index contributed by atoms with van der Waals surface area (Å²) in [6, 6.07) is 13.6. The maximum atomic E-state index is 13.0. The summed E-state index contributed by atoms with van der Waals surface area (Å²) in [5, 5.41) is 1.08. The van der Waals surface area contributed by atoms with Gasteiger partial charge < -0.3 is 4.90 Å². The molecule has 2 aromatic rings. The first-order valence-corrected chi connectivity index (χ1v) is 8.98. The third-order valence-electron chi connectivity index (χ3n) is 3.97. The summed E-state index contributed by atoms with van der Waals surface area (Å²) in [5.41, 5.74) is 1.67. The number of hydrogen-bond acceptors (Lipinski definition) is 2. The number of amides is 1. The molecule has 0 unspecified atom stereocenters. The van der Waals surface area contributed by atoms with Crippen LogP contribution in [-0.2, 0) is 0 Å². The van der Waals surface area contributed by atoms with E-state index in [0.29, 0.717) is 23.9 Å². The van der Waals surface area contributed by atoms with Crippen molar-refractivity contribution in [2.24, 2.45) is 0 Å². The molecule has 1 aliphatic rings. The van der Waals surface area contributed by atoms with Crippen LogP contribution in [-0.4, -0.2) is 29.6 Å². The number of halogens is 2. The predicted molar refractivity (Wildman–Crippen MR) is 93.6 cm³/mol. The van der Waals surface area contributed by atoms with E-state index in [2.05, 4.69) is 6.07 Å². The Balaban J connectivity index is 1.70. The molecule has 5 heteroatoms. The van der Waals surface area contributed by atoms with Gasteiger partial charge in [-0.05, 0) is 42.3 Å². The molecule has 1 atom stereocenters. The van der Waals surface area contributed by atoms with Gasteiger partial charge in [-0.2, -0.15) is 11.8 Å². The molecule has 1 amide bonds. The molecular formula is C18H17ClFNOS. The molecule has 23 heavy (non-hydrogen) atoms. The topological polar surface area (TPSA) is 20.3 Å². The molecule has 1 heterocycles. The fraction of sp³-hybridized carbons (Fsp3) is 0.278. The first-order chi connectivity index (χ1) is 11.1. The fourth-order valence-electron chi connectivity index (χ4n) is 2.73. The number of thioether (sulfide) groups is 1. The molecule has 0 N–H and O–H groups in total. The molecule has 3 rings (SSSR count). The van der Waals surface area contributed by atoms with Crippen molar-refractivity contribution in [2.75, 3.05) is 18.8 Å². The zero-order valence-electron chi connectivity index (χ0n) is 12.5. The maximum absolute atomic E-state index is 13.0. The highest BCUT2D eigenvalue weighted by molar-refractivity contribution is 7.99. The highest BCUT2D eigenvalue weighted by atomic mass is 35.5. The molecule has 2 nitrogen and oxygen atoms in total. The number of rotatable bonds is 2. The summed E-state index contributed by atoms with van der Waals surface area (Å²) >= 11 is 8.12. The highest BCUT2D eigenvalue weighted by Crippen LogP contribution is 2.37. The number of hydrogen-bond donors (Lipinski definition) is 0. The minimum atomic E-state index is -0.327. The first-order valence-electron chi connectivity index (χ1n) is 7.56. The minimum absolute atomic E-state index is 0.0367. The van der Waals surface area contributed by atoms with E-state index in [0.717, 1.165) is 22.8 Å². The van der Waals surface area contributed by atoms with Crippen molar-refractivity contribution in [1.82, 2.24) is 4.90 Å². The summed E-state index contributed by atoms with van der Waals surface area (Å²) in [4.78, 5) is 14.4. The lowest BCUT2D eigenvalue weighted by atomic mass is 10.1. The summed E-state index contributed by atoms with van der Waals surface area (Å²) in [7, 11) is 0. The average molecular weight is 350 g/mol. The Hall–Kier alpha value is -1.52. The lowest BCUT2D eigenvalue weighted by molar-refractivity contribution is 0.0766. The van der Waals surface area contributed by atoms with E-state index < -0.39 is 0 Å². The van der Waals surface area contributed by atoms with Crippen molar-refractivity contribution in [3.63, 3.8) is 0 Å². The summed E-state index contributed by atoms with van der Waals surface area (Å²) in [6.07, 6.45) is 0.862. The Morgan fingerprint density at radius 2 is 1.87 bits per heavy atom. The monoisotopic (exact) mass is 349 g/mol. The highest BCUT2D eigenvalue weighted by Gasteiger charge is 2.23. The van der Waals surface area contributed by atoms with Gasteiger partial charge in [0.15, 0.2) is 0 Å². The number of benzene rings is 2. The normalized spacial score (nSPS) is 18.5. The van der Waals surface area contributed by atoms with Gasteiger partial charge in [0.05, 0.1) is 0 Å². The third-order valence-corrected chi connectivity index (χ3v) is 5.63. The van der Waals surface area contributed by atoms with Crippen LogP contribution < -0.4 is 0 Å². The summed E-state index contributed by atoms with van der Waals surface area (Å²) < 4.78 is 13.0. The van der Waals surface area contributed by atoms with E-state index >= 15 is 0 Å². The van der Waals surface area contributed by atoms with Gasteiger partial charge in [0.1, 0.15) is 5.82 Å². The second-order valence-corrected chi connectivity index (χ2v) is 7.19. The molecule has 1 saturated heterocycles. The molecule has 0 saturated carbocycles. The van der Waals surface area contributed by atoms with Crippen LogP contribution in [0.15, 0.2) is 48.5 Å². The molecule has 0 aromatic heterocycles.